The van der Waals surface area contributed by atoms with E-state index in [2.05, 4.69) is 76.4 Å². The van der Waals surface area contributed by atoms with Gasteiger partial charge in [-0.1, -0.05) is 6.07 Å². The van der Waals surface area contributed by atoms with Crippen LogP contribution in [0.15, 0.2) is 37.8 Å². The maximum Gasteiger partial charge on any atom is 0.177 e. The van der Waals surface area contributed by atoms with Gasteiger partial charge >= 0.3 is 0 Å². The van der Waals surface area contributed by atoms with E-state index in [0.29, 0.717) is 12.3 Å². The zero-order chi connectivity index (χ0) is 22.2. The molecule has 0 amide bonds. The maximum absolute atomic E-state index is 10.6. The van der Waals surface area contributed by atoms with Crippen molar-refractivity contribution in [1.82, 2.24) is 9.88 Å². The van der Waals surface area contributed by atoms with Crippen LogP contribution in [0.25, 0.3) is 0 Å². The summed E-state index contributed by atoms with van der Waals surface area (Å²) in [6.07, 6.45) is 2.01. The minimum Gasteiger partial charge on any atom is -0.486 e. The molecule has 4 rings (SSSR count). The Morgan fingerprint density at radius 3 is 2.55 bits per heavy atom. The summed E-state index contributed by atoms with van der Waals surface area (Å²) in [7, 11) is 0. The number of ether oxygens (including phenoxy) is 2. The number of aromatic nitrogens is 1. The van der Waals surface area contributed by atoms with Crippen LogP contribution in [0.2, 0.25) is 0 Å². The Kier molecular flexibility index (Phi) is 7.18. The minimum atomic E-state index is -0.596. The molecule has 1 N–H and O–H groups in total. The Balaban J connectivity index is 1.35. The quantitative estimate of drug-likeness (QED) is 0.476. The Morgan fingerprint density at radius 1 is 1.13 bits per heavy atom. The van der Waals surface area contributed by atoms with E-state index >= 15 is 0 Å². The lowest BCUT2D eigenvalue weighted by Crippen LogP contribution is -2.49. The minimum absolute atomic E-state index is 0.198. The lowest BCUT2D eigenvalue weighted by Gasteiger charge is -2.36. The fourth-order valence-corrected chi connectivity index (χ4v) is 5.73. The number of fused-ring (bicyclic) bond motifs is 1. The van der Waals surface area contributed by atoms with Gasteiger partial charge in [0.2, 0.25) is 0 Å². The lowest BCUT2D eigenvalue weighted by molar-refractivity contribution is 0.0628. The molecule has 31 heavy (non-hydrogen) atoms. The van der Waals surface area contributed by atoms with E-state index < -0.39 is 6.10 Å². The highest BCUT2D eigenvalue weighted by molar-refractivity contribution is 9.14. The molecule has 2 aliphatic heterocycles. The molecule has 2 aliphatic rings. The summed E-state index contributed by atoms with van der Waals surface area (Å²) in [5.74, 6) is 2.38. The summed E-state index contributed by atoms with van der Waals surface area (Å²) >= 11 is 10.9. The van der Waals surface area contributed by atoms with Crippen molar-refractivity contribution in [2.75, 3.05) is 44.2 Å². The van der Waals surface area contributed by atoms with Crippen LogP contribution in [0, 0.1) is 0 Å². The van der Waals surface area contributed by atoms with Gasteiger partial charge in [-0.25, -0.2) is 4.98 Å². The van der Waals surface area contributed by atoms with Crippen molar-refractivity contribution >= 4 is 53.6 Å². The van der Waals surface area contributed by atoms with Crippen LogP contribution in [-0.4, -0.2) is 66.0 Å². The molecule has 9 heteroatoms. The van der Waals surface area contributed by atoms with Crippen molar-refractivity contribution in [2.45, 2.75) is 32.0 Å². The second kappa shape index (κ2) is 9.55. The van der Waals surface area contributed by atoms with Gasteiger partial charge in [-0.2, -0.15) is 0 Å². The third-order valence-corrected chi connectivity index (χ3v) is 9.03. The predicted octanol–water partition coefficient (Wildman–Crippen LogP) is 4.64. The topological polar surface area (TPSA) is 58.1 Å². The number of nitrogens with zero attached hydrogens (tertiary/aromatic N) is 3. The van der Waals surface area contributed by atoms with Gasteiger partial charge < -0.3 is 19.5 Å². The molecule has 0 saturated carbocycles. The van der Waals surface area contributed by atoms with Crippen LogP contribution in [0.4, 0.5) is 5.82 Å². The molecule has 0 bridgehead atoms. The van der Waals surface area contributed by atoms with Crippen molar-refractivity contribution in [3.8, 4) is 11.5 Å². The third-order valence-electron chi connectivity index (χ3n) is 5.55. The molecule has 1 unspecified atom stereocenters. The highest BCUT2D eigenvalue weighted by atomic mass is 79.9. The van der Waals surface area contributed by atoms with Crippen LogP contribution < -0.4 is 14.4 Å². The smallest absolute Gasteiger partial charge is 0.177 e. The first-order valence-electron chi connectivity index (χ1n) is 10.3. The van der Waals surface area contributed by atoms with Gasteiger partial charge in [0, 0.05) is 55.4 Å². The van der Waals surface area contributed by atoms with Gasteiger partial charge in [0.25, 0.3) is 0 Å². The highest BCUT2D eigenvalue weighted by Gasteiger charge is 2.37. The highest BCUT2D eigenvalue weighted by Crippen LogP contribution is 2.53. The monoisotopic (exact) mass is 617 g/mol. The Bertz CT molecular complexity index is 935. The summed E-state index contributed by atoms with van der Waals surface area (Å²) in [6.45, 7) is 8.44. The van der Waals surface area contributed by atoms with Gasteiger partial charge in [-0.05, 0) is 73.8 Å². The molecule has 1 aromatic heterocycles. The average Bonchev–Trinajstić information content (AvgIpc) is 3.08. The number of pyridine rings is 1. The summed E-state index contributed by atoms with van der Waals surface area (Å²) in [6, 6.07) is 5.98. The number of aliphatic hydroxyl groups excluding tert-OH is 1. The number of rotatable bonds is 6. The largest absolute Gasteiger partial charge is 0.486 e. The van der Waals surface area contributed by atoms with E-state index in [1.165, 1.54) is 0 Å². The van der Waals surface area contributed by atoms with Crippen molar-refractivity contribution in [2.24, 2.45) is 0 Å². The van der Waals surface area contributed by atoms with Crippen molar-refractivity contribution < 1.29 is 14.6 Å². The predicted molar refractivity (Wildman–Crippen MR) is 132 cm³/mol. The van der Waals surface area contributed by atoms with E-state index in [0.717, 1.165) is 63.1 Å². The molecule has 1 fully saturated rings. The van der Waals surface area contributed by atoms with E-state index in [1.54, 1.807) is 0 Å². The van der Waals surface area contributed by atoms with Gasteiger partial charge in [-0.15, -0.1) is 0 Å². The number of β-amino-alcohol motifs (C(OH)–C–C–N with tert-alkyl or cyclic N) is 1. The number of hydrogen-bond acceptors (Lipinski definition) is 6. The van der Waals surface area contributed by atoms with E-state index in [9.17, 15) is 5.11 Å². The van der Waals surface area contributed by atoms with Gasteiger partial charge in [0.1, 0.15) is 24.1 Å². The lowest BCUT2D eigenvalue weighted by atomic mass is 10.0. The van der Waals surface area contributed by atoms with E-state index in [1.807, 2.05) is 24.4 Å². The molecule has 168 valence electrons. The zero-order valence-corrected chi connectivity index (χ0v) is 22.3. The standard InChI is InChI=1S/C22H26Br3N3O3/c1-22(2)11-15-17(23)18(24)19(25)21(20(15)31-22)30-13-14(29)12-27-7-9-28(10-8-27)16-5-3-4-6-26-16/h3-6,14,29H,7-13H2,1-2H3. The van der Waals surface area contributed by atoms with E-state index in [4.69, 9.17) is 9.47 Å². The summed E-state index contributed by atoms with van der Waals surface area (Å²) < 4.78 is 14.9. The van der Waals surface area contributed by atoms with Crippen LogP contribution in [0.5, 0.6) is 11.5 Å². The molecule has 1 saturated heterocycles. The second-order valence-corrected chi connectivity index (χ2v) is 10.9. The van der Waals surface area contributed by atoms with Crippen molar-refractivity contribution in [1.29, 1.82) is 0 Å². The first kappa shape index (κ1) is 23.3. The number of anilines is 1. The fraction of sp³-hybridized carbons (Fsp3) is 0.500. The molecule has 0 radical (unpaired) electrons. The number of hydrogen-bond donors (Lipinski definition) is 1. The average molecular weight is 620 g/mol. The van der Waals surface area contributed by atoms with E-state index in [-0.39, 0.29) is 12.2 Å². The molecule has 3 heterocycles. The number of aliphatic hydroxyl groups is 1. The number of benzene rings is 1. The van der Waals surface area contributed by atoms with Crippen LogP contribution in [0.3, 0.4) is 0 Å². The first-order chi connectivity index (χ1) is 14.7. The summed E-state index contributed by atoms with van der Waals surface area (Å²) in [4.78, 5) is 8.97. The van der Waals surface area contributed by atoms with Crippen molar-refractivity contribution in [3.63, 3.8) is 0 Å². The molecule has 1 atom stereocenters. The normalized spacial score (nSPS) is 19.1. The fourth-order valence-electron chi connectivity index (χ4n) is 4.03. The molecule has 0 spiro atoms. The maximum atomic E-state index is 10.6. The zero-order valence-electron chi connectivity index (χ0n) is 17.6. The summed E-state index contributed by atoms with van der Waals surface area (Å²) in [5.41, 5.74) is 0.782. The Morgan fingerprint density at radius 2 is 1.87 bits per heavy atom. The SMILES string of the molecule is CC1(C)Cc2c(Br)c(Br)c(Br)c(OCC(O)CN3CCN(c4ccccn4)CC3)c2O1. The molecule has 0 aliphatic carbocycles. The third kappa shape index (κ3) is 5.21. The van der Waals surface area contributed by atoms with Crippen molar-refractivity contribution in [3.05, 3.63) is 43.4 Å². The molecular weight excluding hydrogens is 594 g/mol. The van der Waals surface area contributed by atoms with Crippen LogP contribution in [0.1, 0.15) is 19.4 Å². The number of halogens is 3. The van der Waals surface area contributed by atoms with Crippen LogP contribution >= 0.6 is 47.8 Å². The first-order valence-corrected chi connectivity index (χ1v) is 12.7. The Hall–Kier alpha value is -0.870. The Labute approximate surface area is 208 Å². The van der Waals surface area contributed by atoms with Gasteiger partial charge in [-0.3, -0.25) is 4.90 Å². The number of piperazine rings is 1. The molecule has 6 nitrogen and oxygen atoms in total. The van der Waals surface area contributed by atoms with Gasteiger partial charge in [0.15, 0.2) is 11.5 Å². The summed E-state index contributed by atoms with van der Waals surface area (Å²) in [5, 5.41) is 10.6. The van der Waals surface area contributed by atoms with Gasteiger partial charge in [0.05, 0.1) is 8.95 Å². The molecule has 2 aromatic rings. The molecule has 1 aromatic carbocycles. The second-order valence-electron chi connectivity index (χ2n) is 8.56. The van der Waals surface area contributed by atoms with Crippen LogP contribution in [-0.2, 0) is 6.42 Å². The molecular formula is C22H26Br3N3O3.